The van der Waals surface area contributed by atoms with E-state index in [1.165, 1.54) is 11.8 Å². The molecule has 6 nitrogen and oxygen atoms in total. The van der Waals surface area contributed by atoms with Gasteiger partial charge in [0, 0.05) is 5.69 Å². The number of anilines is 1. The summed E-state index contributed by atoms with van der Waals surface area (Å²) in [6.45, 7) is 0.198. The Hall–Kier alpha value is -1.86. The van der Waals surface area contributed by atoms with Crippen LogP contribution in [0.1, 0.15) is 5.89 Å². The molecule has 1 aromatic carbocycles. The summed E-state index contributed by atoms with van der Waals surface area (Å²) in [6, 6.07) is 9.24. The summed E-state index contributed by atoms with van der Waals surface area (Å²) in [5, 5.41) is 10.6. The van der Waals surface area contributed by atoms with Crippen LogP contribution in [0.3, 0.4) is 0 Å². The van der Waals surface area contributed by atoms with Crippen LogP contribution in [-0.2, 0) is 11.3 Å². The molecule has 0 saturated carbocycles. The number of rotatable bonds is 5. The third-order valence-corrected chi connectivity index (χ3v) is 2.83. The molecule has 0 aliphatic rings. The van der Waals surface area contributed by atoms with Crippen molar-refractivity contribution < 1.29 is 9.21 Å². The van der Waals surface area contributed by atoms with E-state index in [0.29, 0.717) is 11.1 Å². The van der Waals surface area contributed by atoms with Gasteiger partial charge in [0.05, 0.1) is 12.3 Å². The number of aromatic nitrogens is 2. The molecule has 0 aliphatic carbocycles. The fourth-order valence-corrected chi connectivity index (χ4v) is 1.81. The van der Waals surface area contributed by atoms with E-state index >= 15 is 0 Å². The van der Waals surface area contributed by atoms with Gasteiger partial charge >= 0.3 is 0 Å². The largest absolute Gasteiger partial charge is 0.415 e. The average Bonchev–Trinajstić information content (AvgIpc) is 2.85. The predicted octanol–water partition coefficient (Wildman–Crippen LogP) is 1.26. The topological polar surface area (TPSA) is 94.0 Å². The van der Waals surface area contributed by atoms with Crippen molar-refractivity contribution in [3.63, 3.8) is 0 Å². The first-order valence-electron chi connectivity index (χ1n) is 5.28. The van der Waals surface area contributed by atoms with Crippen LogP contribution in [0.25, 0.3) is 0 Å². The number of hydrogen-bond donors (Lipinski definition) is 2. The Morgan fingerprint density at radius 3 is 2.78 bits per heavy atom. The maximum absolute atomic E-state index is 11.6. The summed E-state index contributed by atoms with van der Waals surface area (Å²) in [7, 11) is 0. The second-order valence-corrected chi connectivity index (χ2v) is 4.30. The van der Waals surface area contributed by atoms with Gasteiger partial charge < -0.3 is 15.5 Å². The number of para-hydroxylation sites is 1. The number of thioether (sulfide) groups is 1. The molecule has 2 aromatic rings. The molecule has 94 valence electrons. The molecule has 1 aromatic heterocycles. The van der Waals surface area contributed by atoms with Crippen LogP contribution in [0.2, 0.25) is 0 Å². The lowest BCUT2D eigenvalue weighted by atomic mass is 10.3. The van der Waals surface area contributed by atoms with Crippen molar-refractivity contribution in [2.24, 2.45) is 5.73 Å². The van der Waals surface area contributed by atoms with Gasteiger partial charge in [-0.25, -0.2) is 0 Å². The minimum Gasteiger partial charge on any atom is -0.415 e. The lowest BCUT2D eigenvalue weighted by Crippen LogP contribution is -2.13. The van der Waals surface area contributed by atoms with E-state index in [1.54, 1.807) is 0 Å². The summed E-state index contributed by atoms with van der Waals surface area (Å²) in [5.41, 5.74) is 6.10. The van der Waals surface area contributed by atoms with Crippen LogP contribution in [0, 0.1) is 0 Å². The summed E-state index contributed by atoms with van der Waals surface area (Å²) in [6.07, 6.45) is 0. The lowest BCUT2D eigenvalue weighted by Gasteiger charge is -2.02. The highest BCUT2D eigenvalue weighted by atomic mass is 32.2. The van der Waals surface area contributed by atoms with E-state index in [2.05, 4.69) is 15.5 Å². The van der Waals surface area contributed by atoms with Crippen molar-refractivity contribution in [1.82, 2.24) is 10.2 Å². The quantitative estimate of drug-likeness (QED) is 0.789. The summed E-state index contributed by atoms with van der Waals surface area (Å²) in [5.74, 6) is 0.445. The van der Waals surface area contributed by atoms with E-state index in [-0.39, 0.29) is 18.2 Å². The van der Waals surface area contributed by atoms with Crippen molar-refractivity contribution in [1.29, 1.82) is 0 Å². The molecule has 0 fully saturated rings. The Bertz CT molecular complexity index is 515. The molecule has 7 heteroatoms. The molecule has 0 bridgehead atoms. The summed E-state index contributed by atoms with van der Waals surface area (Å²) < 4.78 is 5.17. The Balaban J connectivity index is 1.81. The SMILES string of the molecule is NCc1nnc(SCC(=O)Nc2ccccc2)o1. The molecule has 0 saturated heterocycles. The molecule has 0 radical (unpaired) electrons. The van der Waals surface area contributed by atoms with E-state index < -0.39 is 0 Å². The van der Waals surface area contributed by atoms with Crippen molar-refractivity contribution >= 4 is 23.4 Å². The number of amides is 1. The molecule has 0 aliphatic heterocycles. The summed E-state index contributed by atoms with van der Waals surface area (Å²) in [4.78, 5) is 11.6. The van der Waals surface area contributed by atoms with Crippen LogP contribution >= 0.6 is 11.8 Å². The molecule has 3 N–H and O–H groups in total. The Labute approximate surface area is 108 Å². The van der Waals surface area contributed by atoms with Crippen LogP contribution in [0.4, 0.5) is 5.69 Å². The summed E-state index contributed by atoms with van der Waals surface area (Å²) >= 11 is 1.18. The van der Waals surface area contributed by atoms with Crippen molar-refractivity contribution in [3.8, 4) is 0 Å². The van der Waals surface area contributed by atoms with E-state index in [1.807, 2.05) is 30.3 Å². The molecule has 1 heterocycles. The Morgan fingerprint density at radius 1 is 1.33 bits per heavy atom. The van der Waals surface area contributed by atoms with Crippen molar-refractivity contribution in [2.45, 2.75) is 11.8 Å². The first-order valence-corrected chi connectivity index (χ1v) is 6.26. The molecule has 0 spiro atoms. The highest BCUT2D eigenvalue weighted by Gasteiger charge is 2.08. The Kier molecular flexibility index (Phi) is 4.32. The smallest absolute Gasteiger partial charge is 0.277 e. The first kappa shape index (κ1) is 12.6. The molecular formula is C11H12N4O2S. The monoisotopic (exact) mass is 264 g/mol. The number of carbonyl (C=O) groups excluding carboxylic acids is 1. The zero-order chi connectivity index (χ0) is 12.8. The van der Waals surface area contributed by atoms with Gasteiger partial charge in [-0.3, -0.25) is 4.79 Å². The van der Waals surface area contributed by atoms with Gasteiger partial charge in [-0.2, -0.15) is 0 Å². The molecule has 2 rings (SSSR count). The fourth-order valence-electron chi connectivity index (χ4n) is 1.22. The molecular weight excluding hydrogens is 252 g/mol. The van der Waals surface area contributed by atoms with Gasteiger partial charge in [-0.1, -0.05) is 30.0 Å². The number of hydrogen-bond acceptors (Lipinski definition) is 6. The number of carbonyl (C=O) groups is 1. The van der Waals surface area contributed by atoms with Crippen molar-refractivity contribution in [3.05, 3.63) is 36.2 Å². The predicted molar refractivity (Wildman–Crippen MR) is 68.0 cm³/mol. The molecule has 18 heavy (non-hydrogen) atoms. The van der Waals surface area contributed by atoms with Gasteiger partial charge in [0.2, 0.25) is 11.8 Å². The van der Waals surface area contributed by atoms with Crippen LogP contribution < -0.4 is 11.1 Å². The zero-order valence-electron chi connectivity index (χ0n) is 9.50. The first-order chi connectivity index (χ1) is 8.78. The number of nitrogens with one attached hydrogen (secondary N) is 1. The highest BCUT2D eigenvalue weighted by molar-refractivity contribution is 7.99. The van der Waals surface area contributed by atoms with Crippen LogP contribution in [0.5, 0.6) is 0 Å². The van der Waals surface area contributed by atoms with E-state index in [0.717, 1.165) is 5.69 Å². The van der Waals surface area contributed by atoms with Gasteiger partial charge in [0.15, 0.2) is 0 Å². The standard InChI is InChI=1S/C11H12N4O2S/c12-6-10-14-15-11(17-10)18-7-9(16)13-8-4-2-1-3-5-8/h1-5H,6-7,12H2,(H,13,16). The van der Waals surface area contributed by atoms with Gasteiger partial charge in [-0.15, -0.1) is 10.2 Å². The lowest BCUT2D eigenvalue weighted by molar-refractivity contribution is -0.113. The normalized spacial score (nSPS) is 10.3. The molecule has 0 atom stereocenters. The van der Waals surface area contributed by atoms with Crippen LogP contribution in [-0.4, -0.2) is 21.9 Å². The van der Waals surface area contributed by atoms with Gasteiger partial charge in [0.25, 0.3) is 5.22 Å². The second-order valence-electron chi connectivity index (χ2n) is 3.37. The van der Waals surface area contributed by atoms with Gasteiger partial charge in [-0.05, 0) is 12.1 Å². The van der Waals surface area contributed by atoms with Crippen molar-refractivity contribution in [2.75, 3.05) is 11.1 Å². The third kappa shape index (κ3) is 3.57. The fraction of sp³-hybridized carbons (Fsp3) is 0.182. The second kappa shape index (κ2) is 6.18. The zero-order valence-corrected chi connectivity index (χ0v) is 10.3. The number of nitrogens with two attached hydrogens (primary N) is 1. The Morgan fingerprint density at radius 2 is 2.11 bits per heavy atom. The number of benzene rings is 1. The maximum Gasteiger partial charge on any atom is 0.277 e. The van der Waals surface area contributed by atoms with Gasteiger partial charge in [0.1, 0.15) is 0 Å². The highest BCUT2D eigenvalue weighted by Crippen LogP contribution is 2.16. The third-order valence-electron chi connectivity index (χ3n) is 2.01. The minimum absolute atomic E-state index is 0.126. The molecule has 1 amide bonds. The van der Waals surface area contributed by atoms with E-state index in [4.69, 9.17) is 10.2 Å². The average molecular weight is 264 g/mol. The maximum atomic E-state index is 11.6. The minimum atomic E-state index is -0.126. The molecule has 0 unspecified atom stereocenters. The van der Waals surface area contributed by atoms with E-state index in [9.17, 15) is 4.79 Å². The van der Waals surface area contributed by atoms with Crippen LogP contribution in [0.15, 0.2) is 40.0 Å². The number of nitrogens with zero attached hydrogens (tertiary/aromatic N) is 2.